The van der Waals surface area contributed by atoms with E-state index < -0.39 is 5.91 Å². The minimum atomic E-state index is -0.473. The number of nitrogens with one attached hydrogen (secondary N) is 3. The predicted molar refractivity (Wildman–Crippen MR) is 125 cm³/mol. The molecule has 1 aliphatic rings. The van der Waals surface area contributed by atoms with Crippen molar-refractivity contribution in [3.8, 4) is 0 Å². The number of H-pyrrole nitrogens is 1. The number of hydrogen-bond donors (Lipinski definition) is 3. The van der Waals surface area contributed by atoms with E-state index in [1.54, 1.807) is 54.7 Å². The first kappa shape index (κ1) is 21.1. The van der Waals surface area contributed by atoms with Crippen LogP contribution in [0.1, 0.15) is 42.2 Å². The number of carbonyl (C=O) groups is 4. The maximum Gasteiger partial charge on any atom is 0.269 e. The lowest BCUT2D eigenvalue weighted by atomic mass is 10.1. The maximum atomic E-state index is 12.5. The molecule has 4 amide bonds. The van der Waals surface area contributed by atoms with E-state index in [0.29, 0.717) is 22.3 Å². The summed E-state index contributed by atoms with van der Waals surface area (Å²) in [5, 5.41) is 0.956. The lowest BCUT2D eigenvalue weighted by molar-refractivity contribution is -0.121. The molecule has 0 aliphatic carbocycles. The van der Waals surface area contributed by atoms with Crippen LogP contribution in [0.25, 0.3) is 10.9 Å². The first-order valence-electron chi connectivity index (χ1n) is 10.7. The van der Waals surface area contributed by atoms with Crippen molar-refractivity contribution in [2.24, 2.45) is 0 Å². The molecule has 168 valence electrons. The summed E-state index contributed by atoms with van der Waals surface area (Å²) in [6.07, 6.45) is 1.89. The highest BCUT2D eigenvalue weighted by atomic mass is 16.2. The molecule has 4 aromatic rings. The molecule has 8 nitrogen and oxygen atoms in total. The summed E-state index contributed by atoms with van der Waals surface area (Å²) < 4.78 is 0. The topological polar surface area (TPSA) is 111 Å². The molecular formula is C26H20N4O4. The Hall–Kier alpha value is -4.72. The van der Waals surface area contributed by atoms with Crippen molar-refractivity contribution in [1.82, 2.24) is 20.7 Å². The molecule has 3 N–H and O–H groups in total. The SMILES string of the molecule is O=C(Cc1c[nH]c2ccccc12)NNC(=O)c1ccc(CN2C(=O)c3ccccc3C2=O)cc1. The van der Waals surface area contributed by atoms with Gasteiger partial charge < -0.3 is 4.98 Å². The quantitative estimate of drug-likeness (QED) is 0.319. The van der Waals surface area contributed by atoms with Crippen LogP contribution in [0.3, 0.4) is 0 Å². The molecule has 3 aromatic carbocycles. The largest absolute Gasteiger partial charge is 0.361 e. The van der Waals surface area contributed by atoms with Gasteiger partial charge in [0.05, 0.1) is 24.1 Å². The molecule has 0 unspecified atom stereocenters. The number of carbonyl (C=O) groups excluding carboxylic acids is 4. The number of aromatic amines is 1. The monoisotopic (exact) mass is 452 g/mol. The average molecular weight is 452 g/mol. The van der Waals surface area contributed by atoms with Crippen molar-refractivity contribution in [1.29, 1.82) is 0 Å². The zero-order valence-corrected chi connectivity index (χ0v) is 18.0. The fourth-order valence-corrected chi connectivity index (χ4v) is 4.02. The van der Waals surface area contributed by atoms with Gasteiger partial charge in [0.15, 0.2) is 0 Å². The molecular weight excluding hydrogens is 432 g/mol. The molecule has 0 radical (unpaired) electrons. The van der Waals surface area contributed by atoms with Crippen LogP contribution in [-0.2, 0) is 17.8 Å². The number of benzene rings is 3. The molecule has 34 heavy (non-hydrogen) atoms. The Balaban J connectivity index is 1.17. The minimum Gasteiger partial charge on any atom is -0.361 e. The van der Waals surface area contributed by atoms with Gasteiger partial charge in [0.25, 0.3) is 17.7 Å². The first-order valence-corrected chi connectivity index (χ1v) is 10.7. The lowest BCUT2D eigenvalue weighted by Gasteiger charge is -2.14. The van der Waals surface area contributed by atoms with Gasteiger partial charge in [-0.15, -0.1) is 0 Å². The fraction of sp³-hybridized carbons (Fsp3) is 0.0769. The van der Waals surface area contributed by atoms with Crippen molar-refractivity contribution < 1.29 is 19.2 Å². The number of hydrogen-bond acceptors (Lipinski definition) is 4. The molecule has 0 atom stereocenters. The van der Waals surface area contributed by atoms with Gasteiger partial charge in [0.2, 0.25) is 5.91 Å². The van der Waals surface area contributed by atoms with Crippen LogP contribution in [0.2, 0.25) is 0 Å². The summed E-state index contributed by atoms with van der Waals surface area (Å²) in [5.74, 6) is -1.49. The third-order valence-electron chi connectivity index (χ3n) is 5.78. The van der Waals surface area contributed by atoms with Gasteiger partial charge in [-0.2, -0.15) is 0 Å². The molecule has 8 heteroatoms. The van der Waals surface area contributed by atoms with Crippen LogP contribution in [0.5, 0.6) is 0 Å². The normalized spacial score (nSPS) is 12.6. The maximum absolute atomic E-state index is 12.5. The summed E-state index contributed by atoms with van der Waals surface area (Å²) in [6, 6.07) is 20.9. The number of amides is 4. The second-order valence-electron chi connectivity index (χ2n) is 7.98. The van der Waals surface area contributed by atoms with Crippen LogP contribution in [0, 0.1) is 0 Å². The molecule has 1 aliphatic heterocycles. The Morgan fingerprint density at radius 1 is 0.794 bits per heavy atom. The Morgan fingerprint density at radius 2 is 1.44 bits per heavy atom. The number of imide groups is 1. The summed E-state index contributed by atoms with van der Waals surface area (Å²) in [4.78, 5) is 54.0. The second-order valence-corrected chi connectivity index (χ2v) is 7.98. The number of nitrogens with zero attached hydrogens (tertiary/aromatic N) is 1. The van der Waals surface area contributed by atoms with Crippen LogP contribution < -0.4 is 10.9 Å². The van der Waals surface area contributed by atoms with Gasteiger partial charge in [-0.05, 0) is 41.5 Å². The van der Waals surface area contributed by atoms with Gasteiger partial charge >= 0.3 is 0 Å². The Morgan fingerprint density at radius 3 is 2.15 bits per heavy atom. The van der Waals surface area contributed by atoms with Gasteiger partial charge in [-0.3, -0.25) is 34.9 Å². The van der Waals surface area contributed by atoms with Crippen LogP contribution >= 0.6 is 0 Å². The minimum absolute atomic E-state index is 0.107. The van der Waals surface area contributed by atoms with E-state index in [2.05, 4.69) is 15.8 Å². The zero-order chi connectivity index (χ0) is 23.7. The number of para-hydroxylation sites is 1. The van der Waals surface area contributed by atoms with E-state index in [1.165, 1.54) is 4.90 Å². The summed E-state index contributed by atoms with van der Waals surface area (Å²) >= 11 is 0. The second kappa shape index (κ2) is 8.67. The zero-order valence-electron chi connectivity index (χ0n) is 18.0. The Labute approximate surface area is 194 Å². The third kappa shape index (κ3) is 3.93. The van der Waals surface area contributed by atoms with Gasteiger partial charge in [0.1, 0.15) is 0 Å². The van der Waals surface area contributed by atoms with E-state index >= 15 is 0 Å². The van der Waals surface area contributed by atoms with Crippen molar-refractivity contribution in [2.75, 3.05) is 0 Å². The fourth-order valence-electron chi connectivity index (χ4n) is 4.02. The van der Waals surface area contributed by atoms with Crippen molar-refractivity contribution in [3.63, 3.8) is 0 Å². The molecule has 0 spiro atoms. The number of rotatable bonds is 5. The van der Waals surface area contributed by atoms with Crippen LogP contribution in [0.15, 0.2) is 79.0 Å². The van der Waals surface area contributed by atoms with Crippen molar-refractivity contribution in [2.45, 2.75) is 13.0 Å². The predicted octanol–water partition coefficient (Wildman–Crippen LogP) is 2.97. The Kier molecular flexibility index (Phi) is 5.39. The highest BCUT2D eigenvalue weighted by molar-refractivity contribution is 6.21. The van der Waals surface area contributed by atoms with E-state index in [-0.39, 0.29) is 30.7 Å². The molecule has 5 rings (SSSR count). The van der Waals surface area contributed by atoms with E-state index in [9.17, 15) is 19.2 Å². The number of aromatic nitrogens is 1. The number of fused-ring (bicyclic) bond motifs is 2. The van der Waals surface area contributed by atoms with Crippen molar-refractivity contribution in [3.05, 3.63) is 107 Å². The van der Waals surface area contributed by atoms with Crippen LogP contribution in [-0.4, -0.2) is 33.5 Å². The summed E-state index contributed by atoms with van der Waals surface area (Å²) in [5.41, 5.74) is 8.44. The van der Waals surface area contributed by atoms with E-state index in [0.717, 1.165) is 16.5 Å². The van der Waals surface area contributed by atoms with Crippen LogP contribution in [0.4, 0.5) is 0 Å². The first-order chi connectivity index (χ1) is 16.5. The van der Waals surface area contributed by atoms with Crippen molar-refractivity contribution >= 4 is 34.5 Å². The summed E-state index contributed by atoms with van der Waals surface area (Å²) in [7, 11) is 0. The number of hydrazine groups is 1. The summed E-state index contributed by atoms with van der Waals surface area (Å²) in [6.45, 7) is 0.107. The average Bonchev–Trinajstić information content (AvgIpc) is 3.37. The lowest BCUT2D eigenvalue weighted by Crippen LogP contribution is -2.42. The van der Waals surface area contributed by atoms with E-state index in [1.807, 2.05) is 24.3 Å². The third-order valence-corrected chi connectivity index (χ3v) is 5.78. The van der Waals surface area contributed by atoms with E-state index in [4.69, 9.17) is 0 Å². The highest BCUT2D eigenvalue weighted by Crippen LogP contribution is 2.24. The molecule has 1 aromatic heterocycles. The Bertz CT molecular complexity index is 1400. The highest BCUT2D eigenvalue weighted by Gasteiger charge is 2.34. The standard InChI is InChI=1S/C26H20N4O4/c31-23(13-18-14-27-22-8-4-3-5-19(18)22)28-29-24(32)17-11-9-16(10-12-17)15-30-25(33)20-6-1-2-7-21(20)26(30)34/h1-12,14,27H,13,15H2,(H,28,31)(H,29,32). The van der Waals surface area contributed by atoms with Gasteiger partial charge in [-0.1, -0.05) is 42.5 Å². The smallest absolute Gasteiger partial charge is 0.269 e. The molecule has 2 heterocycles. The molecule has 0 fully saturated rings. The molecule has 0 saturated heterocycles. The van der Waals surface area contributed by atoms with Gasteiger partial charge in [0, 0.05) is 22.7 Å². The molecule has 0 bridgehead atoms. The molecule has 0 saturated carbocycles. The van der Waals surface area contributed by atoms with Gasteiger partial charge in [-0.25, -0.2) is 0 Å².